The van der Waals surface area contributed by atoms with Crippen molar-refractivity contribution < 1.29 is 0 Å². The Hall–Kier alpha value is -0.0600. The van der Waals surface area contributed by atoms with Crippen molar-refractivity contribution in [1.29, 1.82) is 0 Å². The summed E-state index contributed by atoms with van der Waals surface area (Å²) in [5.41, 5.74) is 2.72. The van der Waals surface area contributed by atoms with Crippen LogP contribution in [0.1, 0.15) is 12.5 Å². The summed E-state index contributed by atoms with van der Waals surface area (Å²) in [6.45, 7) is 5.69. The molecule has 17 heavy (non-hydrogen) atoms. The van der Waals surface area contributed by atoms with Crippen molar-refractivity contribution in [3.05, 3.63) is 28.2 Å². The molecule has 2 rings (SSSR count). The summed E-state index contributed by atoms with van der Waals surface area (Å²) >= 11 is 7.12. The van der Waals surface area contributed by atoms with Crippen molar-refractivity contribution in [2.24, 2.45) is 0 Å². The first kappa shape index (κ1) is 13.4. The van der Waals surface area contributed by atoms with Gasteiger partial charge in [-0.05, 0) is 37.7 Å². The number of anilines is 1. The van der Waals surface area contributed by atoms with Crippen LogP contribution in [0.3, 0.4) is 0 Å². The number of nitrogens with zero attached hydrogens (tertiary/aromatic N) is 2. The number of hydrogen-bond donors (Lipinski definition) is 0. The van der Waals surface area contributed by atoms with E-state index in [4.69, 9.17) is 0 Å². The SMILES string of the molecule is CC1CN(C)CCN1c1ccc(Br)cc1CBr. The van der Waals surface area contributed by atoms with E-state index in [1.165, 1.54) is 11.3 Å². The predicted octanol–water partition coefficient (Wildman–Crippen LogP) is 3.48. The lowest BCUT2D eigenvalue weighted by molar-refractivity contribution is 0.275. The summed E-state index contributed by atoms with van der Waals surface area (Å²) in [5.74, 6) is 0. The van der Waals surface area contributed by atoms with Crippen LogP contribution in [-0.2, 0) is 5.33 Å². The fourth-order valence-corrected chi connectivity index (χ4v) is 3.30. The van der Waals surface area contributed by atoms with Gasteiger partial charge in [-0.3, -0.25) is 0 Å². The zero-order valence-electron chi connectivity index (χ0n) is 10.3. The van der Waals surface area contributed by atoms with Crippen molar-refractivity contribution in [3.8, 4) is 0 Å². The number of halogens is 2. The van der Waals surface area contributed by atoms with Crippen LogP contribution in [0.25, 0.3) is 0 Å². The second-order valence-corrected chi connectivity index (χ2v) is 6.19. The molecule has 0 radical (unpaired) electrons. The van der Waals surface area contributed by atoms with Crippen LogP contribution < -0.4 is 4.90 Å². The van der Waals surface area contributed by atoms with Crippen LogP contribution in [-0.4, -0.2) is 37.6 Å². The van der Waals surface area contributed by atoms with Crippen molar-refractivity contribution in [1.82, 2.24) is 4.90 Å². The highest BCUT2D eigenvalue weighted by atomic mass is 79.9. The average Bonchev–Trinajstić information content (AvgIpc) is 2.30. The molecule has 0 saturated carbocycles. The van der Waals surface area contributed by atoms with E-state index < -0.39 is 0 Å². The second-order valence-electron chi connectivity index (χ2n) is 4.71. The number of hydrogen-bond acceptors (Lipinski definition) is 2. The monoisotopic (exact) mass is 360 g/mol. The average molecular weight is 362 g/mol. The van der Waals surface area contributed by atoms with Crippen LogP contribution in [0.2, 0.25) is 0 Å². The third-order valence-electron chi connectivity index (χ3n) is 3.33. The molecule has 1 atom stereocenters. The number of piperazine rings is 1. The van der Waals surface area contributed by atoms with E-state index in [0.717, 1.165) is 29.4 Å². The Kier molecular flexibility index (Phi) is 4.50. The van der Waals surface area contributed by atoms with Crippen LogP contribution in [0.4, 0.5) is 5.69 Å². The van der Waals surface area contributed by atoms with E-state index >= 15 is 0 Å². The van der Waals surface area contributed by atoms with Gasteiger partial charge in [-0.15, -0.1) is 0 Å². The molecule has 1 aliphatic rings. The number of benzene rings is 1. The molecule has 0 aromatic heterocycles. The number of rotatable bonds is 2. The Bertz CT molecular complexity index is 395. The highest BCUT2D eigenvalue weighted by Crippen LogP contribution is 2.29. The standard InChI is InChI=1S/C13H18Br2N2/c1-10-9-16(2)5-6-17(10)13-4-3-12(15)7-11(13)8-14/h3-4,7,10H,5-6,8-9H2,1-2H3. The third kappa shape index (κ3) is 3.04. The lowest BCUT2D eigenvalue weighted by Crippen LogP contribution is -2.50. The van der Waals surface area contributed by atoms with Crippen LogP contribution in [0.5, 0.6) is 0 Å². The number of alkyl halides is 1. The van der Waals surface area contributed by atoms with Crippen molar-refractivity contribution in [2.45, 2.75) is 18.3 Å². The zero-order chi connectivity index (χ0) is 12.4. The highest BCUT2D eigenvalue weighted by molar-refractivity contribution is 9.10. The Labute approximate surface area is 120 Å². The van der Waals surface area contributed by atoms with Gasteiger partial charge in [-0.25, -0.2) is 0 Å². The molecule has 0 bridgehead atoms. The molecule has 1 heterocycles. The minimum Gasteiger partial charge on any atom is -0.366 e. The summed E-state index contributed by atoms with van der Waals surface area (Å²) < 4.78 is 1.15. The van der Waals surface area contributed by atoms with E-state index in [0.29, 0.717) is 6.04 Å². The molecule has 1 aliphatic heterocycles. The highest BCUT2D eigenvalue weighted by Gasteiger charge is 2.23. The van der Waals surface area contributed by atoms with Crippen LogP contribution in [0, 0.1) is 0 Å². The molecule has 0 amide bonds. The topological polar surface area (TPSA) is 6.48 Å². The smallest absolute Gasteiger partial charge is 0.0411 e. The van der Waals surface area contributed by atoms with Gasteiger partial charge in [0.2, 0.25) is 0 Å². The Morgan fingerprint density at radius 1 is 1.35 bits per heavy atom. The largest absolute Gasteiger partial charge is 0.366 e. The normalized spacial score (nSPS) is 21.9. The Balaban J connectivity index is 2.27. The van der Waals surface area contributed by atoms with Gasteiger partial charge >= 0.3 is 0 Å². The third-order valence-corrected chi connectivity index (χ3v) is 4.42. The van der Waals surface area contributed by atoms with Gasteiger partial charge < -0.3 is 9.80 Å². The summed E-state index contributed by atoms with van der Waals surface area (Å²) in [6, 6.07) is 7.14. The molecule has 4 heteroatoms. The fourth-order valence-electron chi connectivity index (χ4n) is 2.44. The maximum absolute atomic E-state index is 3.58. The molecule has 0 aliphatic carbocycles. The second kappa shape index (κ2) is 5.72. The van der Waals surface area contributed by atoms with Gasteiger partial charge in [0.15, 0.2) is 0 Å². The molecule has 0 N–H and O–H groups in total. The molecule has 1 fully saturated rings. The minimum atomic E-state index is 0.577. The van der Waals surface area contributed by atoms with Crippen molar-refractivity contribution in [2.75, 3.05) is 31.6 Å². The first-order chi connectivity index (χ1) is 8.11. The lowest BCUT2D eigenvalue weighted by Gasteiger charge is -2.40. The fraction of sp³-hybridized carbons (Fsp3) is 0.538. The molecule has 94 valence electrons. The van der Waals surface area contributed by atoms with E-state index in [-0.39, 0.29) is 0 Å². The van der Waals surface area contributed by atoms with Crippen LogP contribution >= 0.6 is 31.9 Å². The van der Waals surface area contributed by atoms with Gasteiger partial charge in [0, 0.05) is 41.2 Å². The van der Waals surface area contributed by atoms with Gasteiger partial charge in [-0.2, -0.15) is 0 Å². The first-order valence-electron chi connectivity index (χ1n) is 5.91. The van der Waals surface area contributed by atoms with E-state index in [1.807, 2.05) is 0 Å². The van der Waals surface area contributed by atoms with Crippen LogP contribution in [0.15, 0.2) is 22.7 Å². The van der Waals surface area contributed by atoms with Gasteiger partial charge in [0.05, 0.1) is 0 Å². The lowest BCUT2D eigenvalue weighted by atomic mass is 10.1. The maximum Gasteiger partial charge on any atom is 0.0411 e. The summed E-state index contributed by atoms with van der Waals surface area (Å²) in [6.07, 6.45) is 0. The zero-order valence-corrected chi connectivity index (χ0v) is 13.5. The van der Waals surface area contributed by atoms with E-state index in [2.05, 4.69) is 73.8 Å². The maximum atomic E-state index is 3.58. The van der Waals surface area contributed by atoms with Crippen molar-refractivity contribution >= 4 is 37.5 Å². The number of likely N-dealkylation sites (N-methyl/N-ethyl adjacent to an activating group) is 1. The Morgan fingerprint density at radius 3 is 2.76 bits per heavy atom. The van der Waals surface area contributed by atoms with E-state index in [1.54, 1.807) is 0 Å². The molecule has 1 aromatic carbocycles. The molecular formula is C13H18Br2N2. The minimum absolute atomic E-state index is 0.577. The van der Waals surface area contributed by atoms with Gasteiger partial charge in [-0.1, -0.05) is 31.9 Å². The predicted molar refractivity (Wildman–Crippen MR) is 81.1 cm³/mol. The molecular weight excluding hydrogens is 344 g/mol. The van der Waals surface area contributed by atoms with Crippen molar-refractivity contribution in [3.63, 3.8) is 0 Å². The first-order valence-corrected chi connectivity index (χ1v) is 7.83. The molecule has 1 aromatic rings. The summed E-state index contributed by atoms with van der Waals surface area (Å²) in [7, 11) is 2.20. The molecule has 2 nitrogen and oxygen atoms in total. The summed E-state index contributed by atoms with van der Waals surface area (Å²) in [5, 5.41) is 0.904. The molecule has 1 unspecified atom stereocenters. The molecule has 0 spiro atoms. The van der Waals surface area contributed by atoms with E-state index in [9.17, 15) is 0 Å². The van der Waals surface area contributed by atoms with Gasteiger partial charge in [0.1, 0.15) is 0 Å². The molecule has 1 saturated heterocycles. The quantitative estimate of drug-likeness (QED) is 0.744. The van der Waals surface area contributed by atoms with Gasteiger partial charge in [0.25, 0.3) is 0 Å². The summed E-state index contributed by atoms with van der Waals surface area (Å²) in [4.78, 5) is 4.91. The Morgan fingerprint density at radius 2 is 2.12 bits per heavy atom.